The van der Waals surface area contributed by atoms with Crippen molar-refractivity contribution in [3.05, 3.63) is 273 Å². The molecule has 3 radical (unpaired) electrons. The molecular formula is C72H57B21N6P6-3. The zero-order chi connectivity index (χ0) is 67.6. The van der Waals surface area contributed by atoms with Crippen LogP contribution in [0.3, 0.4) is 0 Å². The van der Waals surface area contributed by atoms with Crippen LogP contribution < -0.4 is 79.8 Å². The van der Waals surface area contributed by atoms with E-state index in [0.717, 1.165) is 55.9 Å². The van der Waals surface area contributed by atoms with Crippen molar-refractivity contribution in [1.29, 1.82) is 0 Å². The van der Waals surface area contributed by atoms with Gasteiger partial charge in [-0.1, -0.05) is 0 Å². The summed E-state index contributed by atoms with van der Waals surface area (Å²) >= 11 is 0. The molecule has 0 N–H and O–H groups in total. The van der Waals surface area contributed by atoms with Crippen molar-refractivity contribution in [3.8, 4) is 33.4 Å². The van der Waals surface area contributed by atoms with E-state index in [1.807, 2.05) is 0 Å². The SMILES string of the molecule is [B]1B2[BH2-]P12(N=[P+]1B2[BH2-]B21)c1cc2c3c(c1)N(c1ccccc1)c1ccccc1B3c1ccccc1-2.[B]1B2[BH2-]P12(N=[P+]1B2[BH2-]B21)c1ccc2c3c1N(c1ccccc1)c1ccccc1B3c1ccccc1-2.[B]1B2[BH2-]P12(N=[P+]1B2[BH2-]B21)c1ccccc1N1c2ccccc2B2c3ccccc3-c3cccc1c32. The fourth-order valence-corrected chi connectivity index (χ4v) is 61.8. The van der Waals surface area contributed by atoms with Gasteiger partial charge in [-0.3, -0.25) is 0 Å². The zero-order valence-corrected chi connectivity index (χ0v) is 64.9. The molecule has 12 fully saturated rings. The van der Waals surface area contributed by atoms with Crippen molar-refractivity contribution in [2.45, 2.75) is 0 Å². The molecule has 0 amide bonds. The maximum atomic E-state index is 5.95. The average Bonchev–Trinajstić information content (AvgIpc) is 1.43. The second kappa shape index (κ2) is 19.3. The number of hydrogen-bond acceptors (Lipinski definition) is 6. The molecule has 6 nitrogen and oxygen atoms in total. The molecule has 0 unspecified atom stereocenters. The summed E-state index contributed by atoms with van der Waals surface area (Å²) in [5.74, 6) is 0. The second-order valence-corrected chi connectivity index (χ2v) is 62.5. The quantitative estimate of drug-likeness (QED) is 0.150. The van der Waals surface area contributed by atoms with Gasteiger partial charge in [-0.05, 0) is 0 Å². The molecule has 33 heteroatoms. The van der Waals surface area contributed by atoms with Crippen molar-refractivity contribution in [2.75, 3.05) is 14.7 Å². The Morgan fingerprint density at radius 2 is 0.657 bits per heavy atom. The first-order valence-electron chi connectivity index (χ1n) is 40.5. The molecule has 18 aliphatic heterocycles. The van der Waals surface area contributed by atoms with Crippen LogP contribution in [0.1, 0.15) is 0 Å². The van der Waals surface area contributed by atoms with Gasteiger partial charge >= 0.3 is 631 Å². The summed E-state index contributed by atoms with van der Waals surface area (Å²) in [6.07, 6.45) is 3.63. The molecule has 0 saturated carbocycles. The van der Waals surface area contributed by atoms with E-state index in [1.54, 1.807) is 21.4 Å². The number of anilines is 9. The van der Waals surface area contributed by atoms with E-state index in [0.29, 0.717) is 41.3 Å². The molecule has 18 heterocycles. The predicted molar refractivity (Wildman–Crippen MR) is 502 cm³/mol. The van der Waals surface area contributed by atoms with Crippen molar-refractivity contribution in [3.63, 3.8) is 0 Å². The summed E-state index contributed by atoms with van der Waals surface area (Å²) in [7, 11) is 1.54. The summed E-state index contributed by atoms with van der Waals surface area (Å²) in [5.41, 5.74) is 34.2. The van der Waals surface area contributed by atoms with Crippen LogP contribution in [0.4, 0.5) is 51.2 Å². The maximum absolute atomic E-state index is 5.95. The zero-order valence-electron chi connectivity index (χ0n) is 59.5. The Kier molecular flexibility index (Phi) is 10.9. The van der Waals surface area contributed by atoms with Gasteiger partial charge in [0.2, 0.25) is 0 Å². The molecule has 0 aromatic heterocycles. The van der Waals surface area contributed by atoms with E-state index in [1.165, 1.54) is 128 Å². The van der Waals surface area contributed by atoms with Gasteiger partial charge in [-0.25, -0.2) is 0 Å². The standard InChI is InChI=1S/3C24H19B7N2P2/c1-2-10-18-16(8-1)17-9-7-14-22-24(17)28(18)19-11-3-4-12-20(19)33(22)21-13-5-6-15-23(21)35(26-29(35)27-35)32-34-30-25-31(30)34;1-2-8-16(9-3-1)33-22-13-7-6-12-21(22)28-20-11-5-4-10-18(20)19-14-17(15-23(33)24(19)28)35(26-29(35)27-35)32-34-30-25-31(30)34;1-2-8-16(9-3-1)33-21-13-7-6-12-20(21)28-19-11-5-4-10-17(19)18-14-15-22(24(33)23(18)28)35(26-29(35)27-35)32-34-30-25-31(30)34/h3*1-15H,25-26H2/q3*-1. The number of rotatable bonds is 9. The third-order valence-electron chi connectivity index (χ3n) is 31.7. The van der Waals surface area contributed by atoms with E-state index in [9.17, 15) is 0 Å². The molecule has 0 atom stereocenters. The first-order chi connectivity index (χ1) is 51.8. The van der Waals surface area contributed by atoms with E-state index in [-0.39, 0.29) is 43.1 Å². The molecule has 0 aliphatic carbocycles. The van der Waals surface area contributed by atoms with Crippen molar-refractivity contribution in [2.24, 2.45) is 13.5 Å². The fourth-order valence-electron chi connectivity index (χ4n) is 23.9. The number of nitrogens with zero attached hydrogens (tertiary/aromatic N) is 6. The molecule has 12 aromatic carbocycles. The van der Waals surface area contributed by atoms with Gasteiger partial charge in [0.15, 0.2) is 0 Å². The second-order valence-electron chi connectivity index (χ2n) is 36.8. The first kappa shape index (κ1) is 59.0. The summed E-state index contributed by atoms with van der Waals surface area (Å²) < 4.78 is 17.7. The van der Waals surface area contributed by atoms with Gasteiger partial charge in [0.05, 0.1) is 0 Å². The molecule has 0 spiro atoms. The molecule has 105 heavy (non-hydrogen) atoms. The molecule has 12 aromatic rings. The predicted octanol–water partition coefficient (Wildman–Crippen LogP) is 5.07. The Hall–Kier alpha value is -7.01. The number of fused-ring (bicyclic) bond motifs is 21. The normalized spacial score (nSPS) is 22.0. The molecular weight excluding hydrogens is 1360 g/mol. The minimum absolute atomic E-state index is 0.0460. The summed E-state index contributed by atoms with van der Waals surface area (Å²) in [4.78, 5) is 7.82. The molecule has 0 bridgehead atoms. The van der Waals surface area contributed by atoms with E-state index in [4.69, 9.17) is 13.5 Å². The Labute approximate surface area is 626 Å². The van der Waals surface area contributed by atoms with Crippen LogP contribution in [-0.2, 0) is 0 Å². The van der Waals surface area contributed by atoms with Crippen LogP contribution in [0, 0.1) is 0 Å². The Bertz CT molecular complexity index is 6260. The summed E-state index contributed by atoms with van der Waals surface area (Å²) in [6, 6.07) is 104. The van der Waals surface area contributed by atoms with Gasteiger partial charge < -0.3 is 0 Å². The topological polar surface area (TPSA) is 46.8 Å². The average molecular weight is 1420 g/mol. The van der Waals surface area contributed by atoms with Gasteiger partial charge in [0.1, 0.15) is 0 Å². The third-order valence-corrected chi connectivity index (χ3v) is 65.6. The van der Waals surface area contributed by atoms with Crippen molar-refractivity contribution >= 4 is 296 Å². The monoisotopic (exact) mass is 1420 g/mol. The van der Waals surface area contributed by atoms with E-state index >= 15 is 0 Å². The van der Waals surface area contributed by atoms with Crippen LogP contribution >= 0.6 is 41.6 Å². The summed E-state index contributed by atoms with van der Waals surface area (Å²) in [6.45, 7) is 9.49. The molecule has 18 aliphatic rings. The van der Waals surface area contributed by atoms with Crippen LogP contribution in [0.2, 0.25) is 0 Å². The van der Waals surface area contributed by atoms with Crippen molar-refractivity contribution < 1.29 is 0 Å². The van der Waals surface area contributed by atoms with Gasteiger partial charge in [0, 0.05) is 0 Å². The molecule has 12 saturated heterocycles. The first-order valence-corrected chi connectivity index (χ1v) is 53.2. The minimum atomic E-state index is -2.04. The van der Waals surface area contributed by atoms with Crippen LogP contribution in [0.5, 0.6) is 0 Å². The molecule has 30 rings (SSSR count). The Morgan fingerprint density at radius 3 is 1.16 bits per heavy atom. The van der Waals surface area contributed by atoms with Gasteiger partial charge in [0.25, 0.3) is 0 Å². The Balaban J connectivity index is 0.0000000858. The third kappa shape index (κ3) is 7.44. The van der Waals surface area contributed by atoms with Crippen molar-refractivity contribution in [1.82, 2.24) is 0 Å². The number of benzene rings is 12. The van der Waals surface area contributed by atoms with Crippen LogP contribution in [0.25, 0.3) is 33.4 Å². The van der Waals surface area contributed by atoms with Gasteiger partial charge in [-0.2, -0.15) is 0 Å². The number of hydrogen-bond donors (Lipinski definition) is 0. The van der Waals surface area contributed by atoms with E-state index in [2.05, 4.69) is 308 Å². The fraction of sp³-hybridized carbons (Fsp3) is 0. The Morgan fingerprint density at radius 1 is 0.286 bits per heavy atom. The van der Waals surface area contributed by atoms with Gasteiger partial charge in [-0.15, -0.1) is 0 Å². The number of para-hydroxylation sites is 6. The molecule has 471 valence electrons. The van der Waals surface area contributed by atoms with Crippen LogP contribution in [-0.4, -0.2) is 139 Å². The van der Waals surface area contributed by atoms with E-state index < -0.39 is 19.2 Å². The summed E-state index contributed by atoms with van der Waals surface area (Å²) in [5, 5.41) is 4.96. The van der Waals surface area contributed by atoms with Crippen LogP contribution in [0.15, 0.2) is 287 Å².